The van der Waals surface area contributed by atoms with Crippen molar-refractivity contribution in [2.24, 2.45) is 0 Å². The molecule has 0 saturated carbocycles. The Balaban J connectivity index is 2.72. The van der Waals surface area contributed by atoms with Gasteiger partial charge in [-0.2, -0.15) is 0 Å². The highest BCUT2D eigenvalue weighted by Gasteiger charge is 2.15. The average molecular weight is 228 g/mol. The second-order valence-corrected chi connectivity index (χ2v) is 3.86. The molecule has 17 heavy (non-hydrogen) atoms. The lowest BCUT2D eigenvalue weighted by atomic mass is 9.95. The fraction of sp³-hybridized carbons (Fsp3) is 0.0714. The normalized spacial score (nSPS) is 10.2. The Labute approximate surface area is 99.0 Å². The molecule has 0 aliphatic rings. The minimum absolute atomic E-state index is 0.0282. The third-order valence-corrected chi connectivity index (χ3v) is 2.61. The molecule has 0 heterocycles. The van der Waals surface area contributed by atoms with Crippen molar-refractivity contribution in [3.63, 3.8) is 0 Å². The van der Waals surface area contributed by atoms with Gasteiger partial charge in [-0.1, -0.05) is 30.3 Å². The second kappa shape index (κ2) is 4.29. The van der Waals surface area contributed by atoms with E-state index in [1.165, 1.54) is 6.07 Å². The maximum absolute atomic E-state index is 11.2. The van der Waals surface area contributed by atoms with Crippen LogP contribution in [0.15, 0.2) is 42.5 Å². The topological polar surface area (TPSA) is 57.5 Å². The molecule has 0 fully saturated rings. The predicted octanol–water partition coefficient (Wildman–Crippen LogP) is 3.07. The minimum atomic E-state index is -1.04. The summed E-state index contributed by atoms with van der Waals surface area (Å²) in [5.74, 6) is -1.07. The number of aromatic carboxylic acids is 1. The number of phenols is 1. The summed E-state index contributed by atoms with van der Waals surface area (Å²) >= 11 is 0. The second-order valence-electron chi connectivity index (χ2n) is 3.86. The van der Waals surface area contributed by atoms with E-state index < -0.39 is 5.97 Å². The molecule has 2 aromatic carbocycles. The molecular weight excluding hydrogens is 216 g/mol. The van der Waals surface area contributed by atoms with Crippen molar-refractivity contribution >= 4 is 5.97 Å². The van der Waals surface area contributed by atoms with Gasteiger partial charge in [-0.25, -0.2) is 4.79 Å². The van der Waals surface area contributed by atoms with Gasteiger partial charge in [-0.15, -0.1) is 0 Å². The maximum Gasteiger partial charge on any atom is 0.336 e. The van der Waals surface area contributed by atoms with Crippen LogP contribution in [0, 0.1) is 6.92 Å². The number of hydrogen-bond acceptors (Lipinski definition) is 2. The van der Waals surface area contributed by atoms with Crippen molar-refractivity contribution < 1.29 is 15.0 Å². The van der Waals surface area contributed by atoms with Crippen molar-refractivity contribution in [2.45, 2.75) is 6.92 Å². The molecule has 0 aromatic heterocycles. The Kier molecular flexibility index (Phi) is 2.83. The molecule has 0 aliphatic carbocycles. The number of carboxylic acid groups (broad SMARTS) is 1. The van der Waals surface area contributed by atoms with E-state index in [4.69, 9.17) is 5.11 Å². The number of rotatable bonds is 2. The summed E-state index contributed by atoms with van der Waals surface area (Å²) in [6, 6.07) is 12.1. The fourth-order valence-corrected chi connectivity index (χ4v) is 1.92. The number of aromatic hydroxyl groups is 1. The zero-order valence-electron chi connectivity index (χ0n) is 9.34. The molecule has 3 heteroatoms. The molecule has 2 rings (SSSR count). The quantitative estimate of drug-likeness (QED) is 0.830. The molecule has 0 spiro atoms. The average Bonchev–Trinajstić information content (AvgIpc) is 2.29. The first-order chi connectivity index (χ1) is 8.09. The number of aryl methyl sites for hydroxylation is 1. The molecule has 86 valence electrons. The largest absolute Gasteiger partial charge is 0.508 e. The molecule has 0 saturated heterocycles. The Bertz CT molecular complexity index is 559. The molecule has 0 atom stereocenters. The van der Waals surface area contributed by atoms with Crippen LogP contribution in [0.5, 0.6) is 5.75 Å². The van der Waals surface area contributed by atoms with Gasteiger partial charge in [0.1, 0.15) is 5.75 Å². The van der Waals surface area contributed by atoms with E-state index in [0.717, 1.165) is 11.1 Å². The van der Waals surface area contributed by atoms with Gasteiger partial charge < -0.3 is 10.2 Å². The van der Waals surface area contributed by atoms with Gasteiger partial charge in [-0.05, 0) is 35.7 Å². The van der Waals surface area contributed by atoms with E-state index in [0.29, 0.717) is 5.56 Å². The fourth-order valence-electron chi connectivity index (χ4n) is 1.92. The smallest absolute Gasteiger partial charge is 0.336 e. The van der Waals surface area contributed by atoms with Crippen molar-refractivity contribution in [2.75, 3.05) is 0 Å². The molecule has 0 aliphatic heterocycles. The van der Waals surface area contributed by atoms with Gasteiger partial charge in [0.05, 0.1) is 5.56 Å². The molecule has 2 aromatic rings. The summed E-state index contributed by atoms with van der Waals surface area (Å²) in [5, 5.41) is 18.6. The van der Waals surface area contributed by atoms with Gasteiger partial charge >= 0.3 is 5.97 Å². The van der Waals surface area contributed by atoms with E-state index in [-0.39, 0.29) is 11.3 Å². The van der Waals surface area contributed by atoms with E-state index in [1.54, 1.807) is 13.0 Å². The SMILES string of the molecule is Cc1cc(O)cc(C(=O)O)c1-c1ccccc1. The van der Waals surface area contributed by atoms with Gasteiger partial charge in [0.2, 0.25) is 0 Å². The lowest BCUT2D eigenvalue weighted by Gasteiger charge is -2.10. The number of carboxylic acids is 1. The van der Waals surface area contributed by atoms with Crippen molar-refractivity contribution in [3.8, 4) is 16.9 Å². The van der Waals surface area contributed by atoms with Crippen LogP contribution in [0.3, 0.4) is 0 Å². The van der Waals surface area contributed by atoms with Crippen molar-refractivity contribution in [1.82, 2.24) is 0 Å². The summed E-state index contributed by atoms with van der Waals surface area (Å²) in [5.41, 5.74) is 2.35. The van der Waals surface area contributed by atoms with Crippen molar-refractivity contribution in [1.29, 1.82) is 0 Å². The summed E-state index contributed by atoms with van der Waals surface area (Å²) in [7, 11) is 0. The first-order valence-corrected chi connectivity index (χ1v) is 5.22. The Hall–Kier alpha value is -2.29. The lowest BCUT2D eigenvalue weighted by molar-refractivity contribution is 0.0697. The van der Waals surface area contributed by atoms with Crippen LogP contribution >= 0.6 is 0 Å². The van der Waals surface area contributed by atoms with Crippen LogP contribution in [0.2, 0.25) is 0 Å². The first kappa shape index (κ1) is 11.2. The molecule has 3 nitrogen and oxygen atoms in total. The summed E-state index contributed by atoms with van der Waals surface area (Å²) < 4.78 is 0. The third-order valence-electron chi connectivity index (χ3n) is 2.61. The molecule has 0 amide bonds. The summed E-state index contributed by atoms with van der Waals surface area (Å²) in [6.45, 7) is 1.79. The van der Waals surface area contributed by atoms with Gasteiger partial charge in [-0.3, -0.25) is 0 Å². The van der Waals surface area contributed by atoms with E-state index in [9.17, 15) is 9.90 Å². The number of benzene rings is 2. The molecule has 2 N–H and O–H groups in total. The van der Waals surface area contributed by atoms with E-state index in [1.807, 2.05) is 30.3 Å². The zero-order valence-corrected chi connectivity index (χ0v) is 9.34. The van der Waals surface area contributed by atoms with Gasteiger partial charge in [0.15, 0.2) is 0 Å². The van der Waals surface area contributed by atoms with E-state index in [2.05, 4.69) is 0 Å². The molecular formula is C14H12O3. The number of hydrogen-bond donors (Lipinski definition) is 2. The molecule has 0 radical (unpaired) electrons. The third kappa shape index (κ3) is 2.13. The standard InChI is InChI=1S/C14H12O3/c1-9-7-11(15)8-12(14(16)17)13(9)10-5-3-2-4-6-10/h2-8,15H,1H3,(H,16,17). The summed E-state index contributed by atoms with van der Waals surface area (Å²) in [4.78, 5) is 11.2. The Morgan fingerprint density at radius 1 is 1.12 bits per heavy atom. The monoisotopic (exact) mass is 228 g/mol. The minimum Gasteiger partial charge on any atom is -0.508 e. The van der Waals surface area contributed by atoms with Crippen LogP contribution in [0.1, 0.15) is 15.9 Å². The summed E-state index contributed by atoms with van der Waals surface area (Å²) in [6.07, 6.45) is 0. The van der Waals surface area contributed by atoms with E-state index >= 15 is 0 Å². The lowest BCUT2D eigenvalue weighted by Crippen LogP contribution is -2.01. The number of carbonyl (C=O) groups is 1. The Morgan fingerprint density at radius 2 is 1.76 bits per heavy atom. The molecule has 0 bridgehead atoms. The van der Waals surface area contributed by atoms with Crippen LogP contribution in [-0.2, 0) is 0 Å². The Morgan fingerprint density at radius 3 is 2.35 bits per heavy atom. The predicted molar refractivity (Wildman–Crippen MR) is 65.2 cm³/mol. The van der Waals surface area contributed by atoms with Gasteiger partial charge in [0, 0.05) is 0 Å². The van der Waals surface area contributed by atoms with Crippen LogP contribution in [0.4, 0.5) is 0 Å². The molecule has 0 unspecified atom stereocenters. The zero-order chi connectivity index (χ0) is 12.4. The van der Waals surface area contributed by atoms with Crippen LogP contribution < -0.4 is 0 Å². The first-order valence-electron chi connectivity index (χ1n) is 5.22. The van der Waals surface area contributed by atoms with Gasteiger partial charge in [0.25, 0.3) is 0 Å². The van der Waals surface area contributed by atoms with Crippen LogP contribution in [-0.4, -0.2) is 16.2 Å². The highest BCUT2D eigenvalue weighted by Crippen LogP contribution is 2.30. The highest BCUT2D eigenvalue weighted by molar-refractivity contribution is 5.97. The van der Waals surface area contributed by atoms with Crippen LogP contribution in [0.25, 0.3) is 11.1 Å². The highest BCUT2D eigenvalue weighted by atomic mass is 16.4. The van der Waals surface area contributed by atoms with Crippen molar-refractivity contribution in [3.05, 3.63) is 53.6 Å². The number of phenolic OH excluding ortho intramolecular Hbond substituents is 1. The maximum atomic E-state index is 11.2.